The number of amides is 2. The van der Waals surface area contributed by atoms with Crippen LogP contribution in [0.3, 0.4) is 0 Å². The summed E-state index contributed by atoms with van der Waals surface area (Å²) in [4.78, 5) is 36.8. The highest BCUT2D eigenvalue weighted by Gasteiger charge is 2.30. The van der Waals surface area contributed by atoms with Crippen LogP contribution in [0.1, 0.15) is 23.3 Å². The van der Waals surface area contributed by atoms with E-state index in [4.69, 9.17) is 12.6 Å². The molecule has 14 nitrogen and oxygen atoms in total. The number of carbonyl (C=O) groups excluding carboxylic acids is 3. The van der Waals surface area contributed by atoms with E-state index in [0.717, 1.165) is 12.8 Å². The molecule has 4 rings (SSSR count). The molecule has 0 aliphatic heterocycles. The van der Waals surface area contributed by atoms with Crippen LogP contribution in [-0.4, -0.2) is 74.3 Å². The van der Waals surface area contributed by atoms with Crippen LogP contribution in [-0.2, 0) is 16.1 Å². The van der Waals surface area contributed by atoms with Crippen LogP contribution in [0.15, 0.2) is 30.5 Å². The normalized spacial score (nSPS) is 13.1. The minimum absolute atomic E-state index is 0.0187. The van der Waals surface area contributed by atoms with Crippen molar-refractivity contribution in [2.45, 2.75) is 25.2 Å². The molecule has 3 aromatic rings. The van der Waals surface area contributed by atoms with E-state index >= 15 is 0 Å². The number of rotatable bonds is 10. The van der Waals surface area contributed by atoms with Gasteiger partial charge in [0, 0.05) is 17.5 Å². The molecule has 0 unspecified atom stereocenters. The highest BCUT2D eigenvalue weighted by Crippen LogP contribution is 2.37. The number of nitrogens with one attached hydrogen (secondary N) is 3. The Balaban J connectivity index is 1.71. The molecular formula is C21H21BN8O6. The van der Waals surface area contributed by atoms with Crippen LogP contribution in [0.5, 0.6) is 5.75 Å². The summed E-state index contributed by atoms with van der Waals surface area (Å²) in [6.45, 7) is -0.0187. The molecule has 184 valence electrons. The van der Waals surface area contributed by atoms with Gasteiger partial charge in [0.2, 0.25) is 5.91 Å². The third-order valence-electron chi connectivity index (χ3n) is 5.04. The minimum atomic E-state index is -3.00. The fraction of sp³-hybridized carbons (Fsp3) is 0.286. The lowest BCUT2D eigenvalue weighted by atomic mass is 10.0. The fourth-order valence-corrected chi connectivity index (χ4v) is 3.29. The van der Waals surface area contributed by atoms with Crippen LogP contribution in [0.25, 0.3) is 11.3 Å². The number of para-hydroxylation sites is 1. The van der Waals surface area contributed by atoms with Gasteiger partial charge < -0.3 is 35.7 Å². The Labute approximate surface area is 205 Å². The minimum Gasteiger partial charge on any atom is -0.494 e. The number of nitrogens with zero attached hydrogens (tertiary/aromatic N) is 5. The van der Waals surface area contributed by atoms with Crippen molar-refractivity contribution in [2.75, 3.05) is 17.7 Å². The Hall–Kier alpha value is -4.37. The molecule has 15 heteroatoms. The number of methoxy groups -OCH3 is 1. The molecule has 0 spiro atoms. The highest BCUT2D eigenvalue weighted by molar-refractivity contribution is 6.15. The lowest BCUT2D eigenvalue weighted by Gasteiger charge is -2.20. The van der Waals surface area contributed by atoms with E-state index in [1.165, 1.54) is 24.2 Å². The first-order valence-electron chi connectivity index (χ1n) is 10.7. The van der Waals surface area contributed by atoms with Gasteiger partial charge in [-0.1, -0.05) is 6.07 Å². The summed E-state index contributed by atoms with van der Waals surface area (Å²) in [6, 6.07) is 6.42. The fourth-order valence-electron chi connectivity index (χ4n) is 3.29. The summed E-state index contributed by atoms with van der Waals surface area (Å²) < 4.78 is 5.57. The number of anilines is 3. The topological polar surface area (TPSA) is 193 Å². The van der Waals surface area contributed by atoms with E-state index in [2.05, 4.69) is 31.0 Å². The molecular weight excluding hydrogens is 471 g/mol. The molecule has 1 aliphatic rings. The molecule has 2 radical (unpaired) electrons. The van der Waals surface area contributed by atoms with Gasteiger partial charge in [0.1, 0.15) is 18.5 Å². The zero-order valence-electron chi connectivity index (χ0n) is 19.0. The Morgan fingerprint density at radius 3 is 2.72 bits per heavy atom. The maximum atomic E-state index is 12.6. The van der Waals surface area contributed by atoms with Crippen molar-refractivity contribution in [3.05, 3.63) is 36.2 Å². The van der Waals surface area contributed by atoms with Crippen molar-refractivity contribution < 1.29 is 29.3 Å². The van der Waals surface area contributed by atoms with Crippen LogP contribution >= 0.6 is 0 Å². The van der Waals surface area contributed by atoms with E-state index in [1.807, 2.05) is 0 Å². The van der Waals surface area contributed by atoms with E-state index in [9.17, 15) is 24.6 Å². The van der Waals surface area contributed by atoms with E-state index in [1.54, 1.807) is 23.5 Å². The molecule has 2 aromatic heterocycles. The summed E-state index contributed by atoms with van der Waals surface area (Å²) in [5, 5.41) is 42.1. The van der Waals surface area contributed by atoms with E-state index in [0.29, 0.717) is 29.0 Å². The smallest absolute Gasteiger partial charge is 0.277 e. The summed E-state index contributed by atoms with van der Waals surface area (Å²) in [6.07, 6.45) is 3.68. The van der Waals surface area contributed by atoms with Gasteiger partial charge in [-0.15, -0.1) is 10.2 Å². The van der Waals surface area contributed by atoms with Gasteiger partial charge in [-0.2, -0.15) is 15.0 Å². The molecule has 1 aliphatic carbocycles. The molecule has 0 bridgehead atoms. The second kappa shape index (κ2) is 10.1. The third kappa shape index (κ3) is 5.82. The number of aliphatic hydroxyl groups is 2. The van der Waals surface area contributed by atoms with Crippen molar-refractivity contribution in [1.82, 2.24) is 30.5 Å². The van der Waals surface area contributed by atoms with Gasteiger partial charge in [-0.3, -0.25) is 9.59 Å². The van der Waals surface area contributed by atoms with Gasteiger partial charge in [-0.25, -0.2) is 0 Å². The Kier molecular flexibility index (Phi) is 6.94. The van der Waals surface area contributed by atoms with Gasteiger partial charge in [-0.05, 0) is 25.0 Å². The number of ether oxygens (including phenoxy) is 1. The van der Waals surface area contributed by atoms with Crippen LogP contribution in [0.4, 0.5) is 17.2 Å². The Bertz CT molecular complexity index is 1300. The molecule has 0 atom stereocenters. The van der Waals surface area contributed by atoms with Crippen molar-refractivity contribution in [2.24, 2.45) is 5.92 Å². The number of aldehydes is 1. The van der Waals surface area contributed by atoms with Crippen molar-refractivity contribution >= 4 is 43.1 Å². The lowest BCUT2D eigenvalue weighted by molar-refractivity contribution is -0.117. The average molecular weight is 492 g/mol. The van der Waals surface area contributed by atoms with Crippen LogP contribution in [0.2, 0.25) is 0 Å². The molecule has 5 N–H and O–H groups in total. The molecule has 2 amide bonds. The van der Waals surface area contributed by atoms with Crippen molar-refractivity contribution in [3.8, 4) is 17.0 Å². The first-order valence-corrected chi connectivity index (χ1v) is 10.7. The second-order valence-corrected chi connectivity index (χ2v) is 7.90. The third-order valence-corrected chi connectivity index (χ3v) is 5.04. The number of hydrogen-bond donors (Lipinski definition) is 5. The molecule has 1 saturated carbocycles. The SMILES string of the molecule is [B]C(O)(O)NC(=O)c1nnc(NC(=O)C2CC2)cc1Nc1cccc(-c2cnn(CC=O)n2)c1OC. The van der Waals surface area contributed by atoms with E-state index < -0.39 is 11.7 Å². The Morgan fingerprint density at radius 2 is 2.06 bits per heavy atom. The molecule has 1 fully saturated rings. The zero-order valence-corrected chi connectivity index (χ0v) is 19.0. The van der Waals surface area contributed by atoms with Crippen molar-refractivity contribution in [1.29, 1.82) is 0 Å². The summed E-state index contributed by atoms with van der Waals surface area (Å²) in [5.41, 5.74) is 1.03. The van der Waals surface area contributed by atoms with Gasteiger partial charge in [0.05, 0.1) is 24.7 Å². The Morgan fingerprint density at radius 1 is 1.28 bits per heavy atom. The molecule has 2 heterocycles. The molecule has 0 saturated heterocycles. The van der Waals surface area contributed by atoms with Gasteiger partial charge >= 0.3 is 0 Å². The van der Waals surface area contributed by atoms with Crippen LogP contribution in [0, 0.1) is 5.92 Å². The number of hydrogen-bond acceptors (Lipinski definition) is 11. The zero-order chi connectivity index (χ0) is 25.9. The van der Waals surface area contributed by atoms with Crippen LogP contribution < -0.4 is 20.7 Å². The maximum Gasteiger partial charge on any atom is 0.277 e. The summed E-state index contributed by atoms with van der Waals surface area (Å²) >= 11 is 0. The number of benzene rings is 1. The largest absolute Gasteiger partial charge is 0.494 e. The van der Waals surface area contributed by atoms with E-state index in [-0.39, 0.29) is 35.6 Å². The summed E-state index contributed by atoms with van der Waals surface area (Å²) in [5.74, 6) is -3.98. The molecule has 1 aromatic carbocycles. The van der Waals surface area contributed by atoms with Gasteiger partial charge in [0.25, 0.3) is 5.91 Å². The molecule has 36 heavy (non-hydrogen) atoms. The summed E-state index contributed by atoms with van der Waals surface area (Å²) in [7, 11) is 6.49. The quantitative estimate of drug-likeness (QED) is 0.140. The van der Waals surface area contributed by atoms with Crippen molar-refractivity contribution in [3.63, 3.8) is 0 Å². The predicted molar refractivity (Wildman–Crippen MR) is 125 cm³/mol. The number of carbonyl (C=O) groups is 3. The average Bonchev–Trinajstić information content (AvgIpc) is 3.57. The maximum absolute atomic E-state index is 12.6. The van der Waals surface area contributed by atoms with Gasteiger partial charge in [0.15, 0.2) is 30.9 Å². The highest BCUT2D eigenvalue weighted by atomic mass is 16.5. The first kappa shape index (κ1) is 24.7. The monoisotopic (exact) mass is 492 g/mol. The number of aromatic nitrogens is 5. The standard InChI is InChI=1S/C21H21BN8O6/c1-36-18-12(15-10-23-30(29-15)7-8-31)3-2-4-13(18)24-14-9-16(25-19(32)11-5-6-11)27-28-17(14)20(33)26-21(22,34)35/h2-4,8-11,34-35H,5-7H2,1H3,(H,26,33)(H2,24,25,27,32). The first-order chi connectivity index (χ1) is 17.2. The lowest BCUT2D eigenvalue weighted by Crippen LogP contribution is -2.49. The predicted octanol–water partition coefficient (Wildman–Crippen LogP) is -0.471. The second-order valence-electron chi connectivity index (χ2n) is 7.90.